The smallest absolute Gasteiger partial charge is 0.255 e. The molecule has 2 atom stereocenters. The van der Waals surface area contributed by atoms with Crippen LogP contribution in [0.4, 0.5) is 0 Å². The summed E-state index contributed by atoms with van der Waals surface area (Å²) in [5.41, 5.74) is 0.457. The second kappa shape index (κ2) is 7.52. The van der Waals surface area contributed by atoms with Crippen molar-refractivity contribution < 1.29 is 13.9 Å². The largest absolute Gasteiger partial charge is 0.490 e. The Morgan fingerprint density at radius 1 is 1.33 bits per heavy atom. The number of fused-ring (bicyclic) bond motifs is 4. The molecule has 3 aliphatic heterocycles. The van der Waals surface area contributed by atoms with Gasteiger partial charge in [0, 0.05) is 44.1 Å². The number of amides is 1. The summed E-state index contributed by atoms with van der Waals surface area (Å²) in [5.74, 6) is 1.30. The topological polar surface area (TPSA) is 75.9 Å². The Morgan fingerprint density at radius 3 is 2.96 bits per heavy atom. The van der Waals surface area contributed by atoms with E-state index in [4.69, 9.17) is 9.15 Å². The summed E-state index contributed by atoms with van der Waals surface area (Å²) in [5, 5.41) is 0. The molecule has 1 amide bonds. The Labute approximate surface area is 157 Å². The lowest BCUT2D eigenvalue weighted by Gasteiger charge is -2.35. The molecular weight excluding hydrogens is 346 g/mol. The third-order valence-electron chi connectivity index (χ3n) is 5.45. The molecule has 5 rings (SSSR count). The fourth-order valence-electron chi connectivity index (χ4n) is 4.08. The van der Waals surface area contributed by atoms with Crippen molar-refractivity contribution in [2.75, 3.05) is 26.7 Å². The number of carbonyl (C=O) groups excluding carboxylic acids is 1. The molecule has 142 valence electrons. The number of aromatic nitrogens is 1. The number of ether oxygens (including phenoxy) is 1. The molecule has 0 aliphatic carbocycles. The van der Waals surface area contributed by atoms with Gasteiger partial charge in [-0.25, -0.2) is 0 Å². The van der Waals surface area contributed by atoms with Crippen LogP contribution in [0.25, 0.3) is 0 Å². The van der Waals surface area contributed by atoms with Crippen LogP contribution in [0.1, 0.15) is 29.0 Å². The van der Waals surface area contributed by atoms with Gasteiger partial charge >= 0.3 is 0 Å². The van der Waals surface area contributed by atoms with Gasteiger partial charge in [0.15, 0.2) is 0 Å². The van der Waals surface area contributed by atoms with E-state index in [1.807, 2.05) is 11.0 Å². The summed E-state index contributed by atoms with van der Waals surface area (Å²) in [6, 6.07) is 5.36. The molecule has 0 unspecified atom stereocenters. The molecule has 0 aromatic carbocycles. The van der Waals surface area contributed by atoms with Gasteiger partial charge < -0.3 is 14.1 Å². The highest BCUT2D eigenvalue weighted by Gasteiger charge is 2.37. The molecule has 0 N–H and O–H groups in total. The molecule has 2 aromatic rings. The second-order valence-corrected chi connectivity index (χ2v) is 7.26. The number of methoxy groups -OCH3 is 1. The predicted octanol–water partition coefficient (Wildman–Crippen LogP) is 1.78. The van der Waals surface area contributed by atoms with Gasteiger partial charge in [0.25, 0.3) is 5.91 Å². The van der Waals surface area contributed by atoms with E-state index in [-0.39, 0.29) is 23.1 Å². The Balaban J connectivity index is 1.49. The summed E-state index contributed by atoms with van der Waals surface area (Å²) >= 11 is 0. The van der Waals surface area contributed by atoms with E-state index in [2.05, 4.69) is 9.88 Å². The fourth-order valence-corrected chi connectivity index (χ4v) is 4.08. The van der Waals surface area contributed by atoms with Gasteiger partial charge in [-0.3, -0.25) is 19.5 Å². The Kier molecular flexibility index (Phi) is 4.94. The highest BCUT2D eigenvalue weighted by Crippen LogP contribution is 2.30. The van der Waals surface area contributed by atoms with Crippen LogP contribution in [-0.4, -0.2) is 53.5 Å². The molecular formula is C20H23N3O4. The average molecular weight is 369 g/mol. The molecule has 27 heavy (non-hydrogen) atoms. The number of nitrogens with zero attached hydrogens (tertiary/aromatic N) is 3. The minimum atomic E-state index is -0.174. The maximum absolute atomic E-state index is 12.8. The molecule has 2 aromatic heterocycles. The minimum absolute atomic E-state index is 0.0397. The van der Waals surface area contributed by atoms with Gasteiger partial charge in [0.2, 0.25) is 11.2 Å². The lowest BCUT2D eigenvalue weighted by atomic mass is 9.95. The van der Waals surface area contributed by atoms with Crippen molar-refractivity contribution in [3.63, 3.8) is 0 Å². The third-order valence-corrected chi connectivity index (χ3v) is 5.45. The van der Waals surface area contributed by atoms with Crippen molar-refractivity contribution in [3.05, 3.63) is 58.4 Å². The number of hydrogen-bond donors (Lipinski definition) is 0. The van der Waals surface area contributed by atoms with Gasteiger partial charge in [0.05, 0.1) is 19.2 Å². The van der Waals surface area contributed by atoms with Crippen molar-refractivity contribution in [3.8, 4) is 5.75 Å². The molecule has 2 bridgehead atoms. The summed E-state index contributed by atoms with van der Waals surface area (Å²) < 4.78 is 10.5. The van der Waals surface area contributed by atoms with Gasteiger partial charge in [-0.15, -0.1) is 0 Å². The number of carbonyl (C=O) groups is 1. The first-order chi connectivity index (χ1) is 13.1. The number of piperidine rings is 1. The highest BCUT2D eigenvalue weighted by atomic mass is 16.5. The normalized spacial score (nSPS) is 22.5. The Morgan fingerprint density at radius 2 is 2.22 bits per heavy atom. The SMILES string of the molecule is COc1coc(CN2C[C@H]3CC[C@@H]2CN(C(=O)c2cccnc2)C3)cc1=O. The minimum Gasteiger partial charge on any atom is -0.490 e. The lowest BCUT2D eigenvalue weighted by molar-refractivity contribution is 0.0733. The zero-order valence-electron chi connectivity index (χ0n) is 15.3. The van der Waals surface area contributed by atoms with Crippen LogP contribution >= 0.6 is 0 Å². The summed E-state index contributed by atoms with van der Waals surface area (Å²) in [6.07, 6.45) is 6.82. The van der Waals surface area contributed by atoms with Gasteiger partial charge in [0.1, 0.15) is 12.0 Å². The molecule has 7 heteroatoms. The van der Waals surface area contributed by atoms with E-state index < -0.39 is 0 Å². The van der Waals surface area contributed by atoms with E-state index >= 15 is 0 Å². The van der Waals surface area contributed by atoms with Crippen LogP contribution in [0.3, 0.4) is 0 Å². The van der Waals surface area contributed by atoms with Crippen molar-refractivity contribution >= 4 is 5.91 Å². The van der Waals surface area contributed by atoms with E-state index in [0.29, 0.717) is 30.3 Å². The van der Waals surface area contributed by atoms with Gasteiger partial charge in [-0.05, 0) is 30.9 Å². The molecule has 5 heterocycles. The van der Waals surface area contributed by atoms with Crippen LogP contribution in [0.15, 0.2) is 46.1 Å². The van der Waals surface area contributed by atoms with Crippen LogP contribution in [0.2, 0.25) is 0 Å². The average Bonchev–Trinajstić information content (AvgIpc) is 3.00. The molecule has 3 saturated heterocycles. The zero-order chi connectivity index (χ0) is 18.8. The van der Waals surface area contributed by atoms with Crippen molar-refractivity contribution in [1.82, 2.24) is 14.8 Å². The second-order valence-electron chi connectivity index (χ2n) is 7.26. The van der Waals surface area contributed by atoms with E-state index in [0.717, 1.165) is 25.9 Å². The monoisotopic (exact) mass is 369 g/mol. The molecule has 3 fully saturated rings. The molecule has 0 saturated carbocycles. The maximum atomic E-state index is 12.8. The zero-order valence-corrected chi connectivity index (χ0v) is 15.3. The van der Waals surface area contributed by atoms with E-state index in [1.165, 1.54) is 19.4 Å². The van der Waals surface area contributed by atoms with E-state index in [9.17, 15) is 9.59 Å². The van der Waals surface area contributed by atoms with Crippen molar-refractivity contribution in [2.45, 2.75) is 25.4 Å². The van der Waals surface area contributed by atoms with Crippen LogP contribution < -0.4 is 10.2 Å². The predicted molar refractivity (Wildman–Crippen MR) is 98.6 cm³/mol. The maximum Gasteiger partial charge on any atom is 0.255 e. The first kappa shape index (κ1) is 17.7. The summed E-state index contributed by atoms with van der Waals surface area (Å²) in [4.78, 5) is 33.2. The highest BCUT2D eigenvalue weighted by molar-refractivity contribution is 5.94. The standard InChI is InChI=1S/C20H23N3O4/c1-26-19-13-27-17(7-18(19)24)12-22-9-14-4-5-16(22)11-23(10-14)20(25)15-3-2-6-21-8-15/h2-3,6-8,13-14,16H,4-5,9-12H2,1H3/t14-,16-/m1/s1. The first-order valence-corrected chi connectivity index (χ1v) is 9.23. The first-order valence-electron chi connectivity index (χ1n) is 9.23. The number of rotatable bonds is 4. The quantitative estimate of drug-likeness (QED) is 0.818. The van der Waals surface area contributed by atoms with Gasteiger partial charge in [-0.1, -0.05) is 0 Å². The van der Waals surface area contributed by atoms with Crippen LogP contribution in [0.5, 0.6) is 5.75 Å². The molecule has 0 radical (unpaired) electrons. The third kappa shape index (κ3) is 3.73. The summed E-state index contributed by atoms with van der Waals surface area (Å²) in [6.45, 7) is 2.91. The lowest BCUT2D eigenvalue weighted by Crippen LogP contribution is -2.44. The van der Waals surface area contributed by atoms with Crippen LogP contribution in [-0.2, 0) is 6.54 Å². The molecule has 3 aliphatic rings. The Bertz CT molecular complexity index is 867. The fraction of sp³-hybridized carbons (Fsp3) is 0.450. The van der Waals surface area contributed by atoms with Crippen molar-refractivity contribution in [2.24, 2.45) is 5.92 Å². The van der Waals surface area contributed by atoms with Crippen molar-refractivity contribution in [1.29, 1.82) is 0 Å². The number of pyridine rings is 1. The van der Waals surface area contributed by atoms with E-state index in [1.54, 1.807) is 18.5 Å². The van der Waals surface area contributed by atoms with Gasteiger partial charge in [-0.2, -0.15) is 0 Å². The molecule has 0 spiro atoms. The van der Waals surface area contributed by atoms with Crippen LogP contribution in [0, 0.1) is 5.92 Å². The number of hydrogen-bond acceptors (Lipinski definition) is 6. The Hall–Kier alpha value is -2.67. The molecule has 7 nitrogen and oxygen atoms in total. The summed E-state index contributed by atoms with van der Waals surface area (Å²) in [7, 11) is 1.45.